The minimum absolute atomic E-state index is 0.126. The van der Waals surface area contributed by atoms with Gasteiger partial charge in [-0.3, -0.25) is 9.59 Å². The summed E-state index contributed by atoms with van der Waals surface area (Å²) in [5.74, 6) is -0.126. The summed E-state index contributed by atoms with van der Waals surface area (Å²) < 4.78 is 1.35. The van der Waals surface area contributed by atoms with Crippen molar-refractivity contribution in [2.24, 2.45) is 0 Å². The molecule has 126 valence electrons. The highest BCUT2D eigenvalue weighted by atomic mass is 32.1. The number of thiophene rings is 1. The van der Waals surface area contributed by atoms with Crippen LogP contribution in [-0.4, -0.2) is 27.1 Å². The topological polar surface area (TPSA) is 55.2 Å². The van der Waals surface area contributed by atoms with Crippen molar-refractivity contribution in [3.05, 3.63) is 86.0 Å². The third-order valence-corrected chi connectivity index (χ3v) is 5.38. The Kier molecular flexibility index (Phi) is 4.19. The van der Waals surface area contributed by atoms with Crippen LogP contribution in [-0.2, 0) is 19.5 Å². The number of carbonyl (C=O) groups is 1. The van der Waals surface area contributed by atoms with Gasteiger partial charge in [-0.05, 0) is 35.1 Å². The second kappa shape index (κ2) is 6.64. The summed E-state index contributed by atoms with van der Waals surface area (Å²) in [5, 5.41) is 6.37. The Morgan fingerprint density at radius 3 is 2.80 bits per heavy atom. The third-order valence-electron chi connectivity index (χ3n) is 4.36. The van der Waals surface area contributed by atoms with Crippen molar-refractivity contribution in [3.8, 4) is 0 Å². The zero-order valence-corrected chi connectivity index (χ0v) is 14.4. The monoisotopic (exact) mass is 351 g/mol. The second-order valence-electron chi connectivity index (χ2n) is 6.05. The van der Waals surface area contributed by atoms with Crippen LogP contribution in [0.25, 0.3) is 0 Å². The standard InChI is InChI=1S/C19H17N3O2S/c23-18-7-6-16(20-22(18)12-14-4-2-1-3-5-14)19(24)21-10-8-17-15(13-21)9-11-25-17/h1-7,9,11H,8,10,12-13H2. The van der Waals surface area contributed by atoms with Gasteiger partial charge in [0.15, 0.2) is 0 Å². The molecule has 0 spiro atoms. The first kappa shape index (κ1) is 15.8. The first-order valence-corrected chi connectivity index (χ1v) is 9.05. The van der Waals surface area contributed by atoms with Gasteiger partial charge in [0.05, 0.1) is 6.54 Å². The van der Waals surface area contributed by atoms with Gasteiger partial charge in [0.2, 0.25) is 0 Å². The van der Waals surface area contributed by atoms with Crippen LogP contribution in [0, 0.1) is 0 Å². The predicted molar refractivity (Wildman–Crippen MR) is 96.8 cm³/mol. The lowest BCUT2D eigenvalue weighted by Gasteiger charge is -2.26. The van der Waals surface area contributed by atoms with E-state index in [-0.39, 0.29) is 11.5 Å². The summed E-state index contributed by atoms with van der Waals surface area (Å²) in [6, 6.07) is 14.6. The van der Waals surface area contributed by atoms with Crippen LogP contribution < -0.4 is 5.56 Å². The molecule has 1 aromatic carbocycles. The van der Waals surface area contributed by atoms with E-state index in [1.54, 1.807) is 16.2 Å². The fraction of sp³-hybridized carbons (Fsp3) is 0.211. The Morgan fingerprint density at radius 1 is 1.12 bits per heavy atom. The average Bonchev–Trinajstić information content (AvgIpc) is 3.11. The maximum Gasteiger partial charge on any atom is 0.274 e. The molecule has 1 aliphatic heterocycles. The molecule has 0 fully saturated rings. The maximum atomic E-state index is 12.8. The SMILES string of the molecule is O=C(c1ccc(=O)n(Cc2ccccc2)n1)N1CCc2sccc2C1. The van der Waals surface area contributed by atoms with E-state index in [2.05, 4.69) is 16.5 Å². The van der Waals surface area contributed by atoms with Crippen LogP contribution in [0.3, 0.4) is 0 Å². The highest BCUT2D eigenvalue weighted by Crippen LogP contribution is 2.24. The summed E-state index contributed by atoms with van der Waals surface area (Å²) in [5.41, 5.74) is 2.29. The lowest BCUT2D eigenvalue weighted by atomic mass is 10.1. The molecule has 3 heterocycles. The Hall–Kier alpha value is -2.73. The van der Waals surface area contributed by atoms with Gasteiger partial charge in [-0.25, -0.2) is 4.68 Å². The zero-order chi connectivity index (χ0) is 17.2. The summed E-state index contributed by atoms with van der Waals surface area (Å²) in [7, 11) is 0. The number of rotatable bonds is 3. The number of benzene rings is 1. The molecule has 5 nitrogen and oxygen atoms in total. The summed E-state index contributed by atoms with van der Waals surface area (Å²) in [6.45, 7) is 1.65. The van der Waals surface area contributed by atoms with Crippen molar-refractivity contribution < 1.29 is 4.79 Å². The highest BCUT2D eigenvalue weighted by Gasteiger charge is 2.23. The Bertz CT molecular complexity index is 962. The van der Waals surface area contributed by atoms with Crippen LogP contribution in [0.2, 0.25) is 0 Å². The Morgan fingerprint density at radius 2 is 1.96 bits per heavy atom. The quantitative estimate of drug-likeness (QED) is 0.729. The van der Waals surface area contributed by atoms with Crippen LogP contribution in [0.1, 0.15) is 26.5 Å². The van der Waals surface area contributed by atoms with Gasteiger partial charge in [0, 0.05) is 24.0 Å². The third kappa shape index (κ3) is 3.25. The molecular weight excluding hydrogens is 334 g/mol. The summed E-state index contributed by atoms with van der Waals surface area (Å²) >= 11 is 1.74. The molecule has 0 aliphatic carbocycles. The predicted octanol–water partition coefficient (Wildman–Crippen LogP) is 2.55. The number of amides is 1. The summed E-state index contributed by atoms with van der Waals surface area (Å²) in [6.07, 6.45) is 0.877. The van der Waals surface area contributed by atoms with E-state index < -0.39 is 0 Å². The van der Waals surface area contributed by atoms with Gasteiger partial charge in [0.1, 0.15) is 5.69 Å². The maximum absolute atomic E-state index is 12.8. The molecule has 0 unspecified atom stereocenters. The lowest BCUT2D eigenvalue weighted by Crippen LogP contribution is -2.37. The van der Waals surface area contributed by atoms with Gasteiger partial charge < -0.3 is 4.90 Å². The van der Waals surface area contributed by atoms with Crippen molar-refractivity contribution in [1.29, 1.82) is 0 Å². The van der Waals surface area contributed by atoms with E-state index in [9.17, 15) is 9.59 Å². The molecule has 0 atom stereocenters. The van der Waals surface area contributed by atoms with Gasteiger partial charge in [-0.2, -0.15) is 5.10 Å². The van der Waals surface area contributed by atoms with Gasteiger partial charge >= 0.3 is 0 Å². The fourth-order valence-electron chi connectivity index (χ4n) is 3.02. The number of hydrogen-bond acceptors (Lipinski definition) is 4. The second-order valence-corrected chi connectivity index (χ2v) is 7.05. The molecule has 0 bridgehead atoms. The molecular formula is C19H17N3O2S. The number of aromatic nitrogens is 2. The smallest absolute Gasteiger partial charge is 0.274 e. The molecule has 1 amide bonds. The highest BCUT2D eigenvalue weighted by molar-refractivity contribution is 7.10. The molecule has 0 saturated carbocycles. The van der Waals surface area contributed by atoms with Crippen molar-refractivity contribution in [3.63, 3.8) is 0 Å². The van der Waals surface area contributed by atoms with Crippen molar-refractivity contribution in [2.45, 2.75) is 19.5 Å². The average molecular weight is 351 g/mol. The van der Waals surface area contributed by atoms with Crippen LogP contribution in [0.15, 0.2) is 58.7 Å². The molecule has 25 heavy (non-hydrogen) atoms. The number of nitrogens with zero attached hydrogens (tertiary/aromatic N) is 3. The fourth-order valence-corrected chi connectivity index (χ4v) is 3.91. The van der Waals surface area contributed by atoms with Crippen LogP contribution in [0.5, 0.6) is 0 Å². The molecule has 1 aliphatic rings. The molecule has 0 N–H and O–H groups in total. The van der Waals surface area contributed by atoms with Gasteiger partial charge in [0.25, 0.3) is 11.5 Å². The van der Waals surface area contributed by atoms with E-state index in [0.29, 0.717) is 25.3 Å². The van der Waals surface area contributed by atoms with E-state index in [0.717, 1.165) is 12.0 Å². The van der Waals surface area contributed by atoms with Crippen molar-refractivity contribution >= 4 is 17.2 Å². The van der Waals surface area contributed by atoms with Gasteiger partial charge in [-0.15, -0.1) is 11.3 Å². The van der Waals surface area contributed by atoms with E-state index >= 15 is 0 Å². The molecule has 4 rings (SSSR count). The number of fused-ring (bicyclic) bond motifs is 1. The lowest BCUT2D eigenvalue weighted by molar-refractivity contribution is 0.0727. The summed E-state index contributed by atoms with van der Waals surface area (Å²) in [4.78, 5) is 28.0. The van der Waals surface area contributed by atoms with E-state index in [1.807, 2.05) is 30.3 Å². The van der Waals surface area contributed by atoms with Crippen LogP contribution in [0.4, 0.5) is 0 Å². The first-order valence-electron chi connectivity index (χ1n) is 8.17. The number of hydrogen-bond donors (Lipinski definition) is 0. The van der Waals surface area contributed by atoms with E-state index in [4.69, 9.17) is 0 Å². The Labute approximate surface area is 149 Å². The van der Waals surface area contributed by atoms with E-state index in [1.165, 1.54) is 27.3 Å². The largest absolute Gasteiger partial charge is 0.333 e. The Balaban J connectivity index is 1.57. The normalized spacial score (nSPS) is 13.5. The molecule has 0 saturated heterocycles. The van der Waals surface area contributed by atoms with Crippen molar-refractivity contribution in [1.82, 2.24) is 14.7 Å². The molecule has 3 aromatic rings. The minimum Gasteiger partial charge on any atom is -0.333 e. The first-order chi connectivity index (χ1) is 12.2. The zero-order valence-electron chi connectivity index (χ0n) is 13.6. The number of carbonyl (C=O) groups excluding carboxylic acids is 1. The molecule has 6 heteroatoms. The van der Waals surface area contributed by atoms with Crippen molar-refractivity contribution in [2.75, 3.05) is 6.54 Å². The molecule has 0 radical (unpaired) electrons. The minimum atomic E-state index is -0.209. The van der Waals surface area contributed by atoms with Crippen LogP contribution >= 0.6 is 11.3 Å². The molecule has 2 aromatic heterocycles. The van der Waals surface area contributed by atoms with Gasteiger partial charge in [-0.1, -0.05) is 30.3 Å².